The quantitative estimate of drug-likeness (QED) is 0.874. The fraction of sp³-hybridized carbons (Fsp3) is 0.438. The molecule has 1 fully saturated rings. The summed E-state index contributed by atoms with van der Waals surface area (Å²) in [5.74, 6) is 1.95. The van der Waals surface area contributed by atoms with Gasteiger partial charge in [0.15, 0.2) is 0 Å². The van der Waals surface area contributed by atoms with E-state index in [1.54, 1.807) is 12.1 Å². The van der Waals surface area contributed by atoms with E-state index in [1.807, 2.05) is 18.3 Å². The van der Waals surface area contributed by atoms with Crippen LogP contribution in [0.4, 0.5) is 5.82 Å². The Morgan fingerprint density at radius 1 is 1.16 bits per heavy atom. The molecule has 0 unspecified atom stereocenters. The molecular weight excluding hydrogens is 236 g/mol. The van der Waals surface area contributed by atoms with Gasteiger partial charge in [0.25, 0.3) is 0 Å². The van der Waals surface area contributed by atoms with Crippen molar-refractivity contribution in [3.8, 4) is 5.75 Å². The first-order valence-corrected chi connectivity index (χ1v) is 7.14. The molecule has 2 N–H and O–H groups in total. The van der Waals surface area contributed by atoms with Gasteiger partial charge in [-0.3, -0.25) is 0 Å². The van der Waals surface area contributed by atoms with Crippen LogP contribution in [0.2, 0.25) is 0 Å². The molecule has 0 bridgehead atoms. The standard InChI is InChI=1S/C16H20N2O/c19-14-7-6-13-8-9-17-16(15(13)10-14)18-11-12-4-2-1-3-5-12/h6-10,12,19H,1-5,11H2,(H,17,18). The maximum Gasteiger partial charge on any atom is 0.133 e. The molecule has 100 valence electrons. The van der Waals surface area contributed by atoms with Gasteiger partial charge in [0.05, 0.1) is 0 Å². The number of hydrogen-bond donors (Lipinski definition) is 2. The van der Waals surface area contributed by atoms with Gasteiger partial charge >= 0.3 is 0 Å². The lowest BCUT2D eigenvalue weighted by atomic mass is 9.89. The number of nitrogens with zero attached hydrogens (tertiary/aromatic N) is 1. The molecule has 3 heteroatoms. The van der Waals surface area contributed by atoms with Crippen LogP contribution in [0.5, 0.6) is 5.75 Å². The third kappa shape index (κ3) is 2.80. The van der Waals surface area contributed by atoms with Gasteiger partial charge < -0.3 is 10.4 Å². The third-order valence-electron chi connectivity index (χ3n) is 4.03. The fourth-order valence-electron chi connectivity index (χ4n) is 2.93. The summed E-state index contributed by atoms with van der Waals surface area (Å²) < 4.78 is 0. The minimum Gasteiger partial charge on any atom is -0.508 e. The molecule has 1 aromatic heterocycles. The van der Waals surface area contributed by atoms with Gasteiger partial charge in [-0.25, -0.2) is 4.98 Å². The van der Waals surface area contributed by atoms with Crippen molar-refractivity contribution in [3.05, 3.63) is 30.5 Å². The molecule has 1 aliphatic carbocycles. The second-order valence-electron chi connectivity index (χ2n) is 5.45. The van der Waals surface area contributed by atoms with E-state index in [-0.39, 0.29) is 0 Å². The third-order valence-corrected chi connectivity index (χ3v) is 4.03. The maximum atomic E-state index is 9.62. The second-order valence-corrected chi connectivity index (χ2v) is 5.45. The molecule has 3 nitrogen and oxygen atoms in total. The van der Waals surface area contributed by atoms with Gasteiger partial charge in [0.2, 0.25) is 0 Å². The van der Waals surface area contributed by atoms with Gasteiger partial charge in [0.1, 0.15) is 11.6 Å². The van der Waals surface area contributed by atoms with Gasteiger partial charge in [-0.2, -0.15) is 0 Å². The van der Waals surface area contributed by atoms with E-state index in [4.69, 9.17) is 0 Å². The van der Waals surface area contributed by atoms with Crippen molar-refractivity contribution in [1.29, 1.82) is 0 Å². The fourth-order valence-corrected chi connectivity index (χ4v) is 2.93. The van der Waals surface area contributed by atoms with E-state index in [0.717, 1.165) is 29.1 Å². The summed E-state index contributed by atoms with van der Waals surface area (Å²) in [6, 6.07) is 7.40. The number of hydrogen-bond acceptors (Lipinski definition) is 3. The first kappa shape index (κ1) is 12.3. The van der Waals surface area contributed by atoms with Crippen LogP contribution < -0.4 is 5.32 Å². The lowest BCUT2D eigenvalue weighted by molar-refractivity contribution is 0.373. The Morgan fingerprint density at radius 2 is 2.00 bits per heavy atom. The molecule has 1 heterocycles. The monoisotopic (exact) mass is 256 g/mol. The zero-order valence-corrected chi connectivity index (χ0v) is 11.1. The summed E-state index contributed by atoms with van der Waals surface area (Å²) in [6.07, 6.45) is 8.57. The molecule has 1 aliphatic rings. The van der Waals surface area contributed by atoms with E-state index in [1.165, 1.54) is 32.1 Å². The molecule has 19 heavy (non-hydrogen) atoms. The minimum absolute atomic E-state index is 0.293. The van der Waals surface area contributed by atoms with Crippen LogP contribution in [0.1, 0.15) is 32.1 Å². The predicted octanol–water partition coefficient (Wildman–Crippen LogP) is 3.93. The smallest absolute Gasteiger partial charge is 0.133 e. The van der Waals surface area contributed by atoms with Crippen molar-refractivity contribution in [2.24, 2.45) is 5.92 Å². The largest absolute Gasteiger partial charge is 0.508 e. The highest BCUT2D eigenvalue weighted by molar-refractivity contribution is 5.92. The number of anilines is 1. The highest BCUT2D eigenvalue weighted by Gasteiger charge is 2.13. The molecule has 0 spiro atoms. The Kier molecular flexibility index (Phi) is 3.53. The van der Waals surface area contributed by atoms with Crippen LogP contribution >= 0.6 is 0 Å². The number of pyridine rings is 1. The Labute approximate surface area is 113 Å². The summed E-state index contributed by atoms with van der Waals surface area (Å²) in [6.45, 7) is 0.988. The molecule has 0 amide bonds. The van der Waals surface area contributed by atoms with Crippen LogP contribution in [0.3, 0.4) is 0 Å². The minimum atomic E-state index is 0.293. The van der Waals surface area contributed by atoms with Crippen molar-refractivity contribution < 1.29 is 5.11 Å². The van der Waals surface area contributed by atoms with Gasteiger partial charge in [-0.15, -0.1) is 0 Å². The molecule has 0 radical (unpaired) electrons. The van der Waals surface area contributed by atoms with Crippen LogP contribution in [0.25, 0.3) is 10.8 Å². The van der Waals surface area contributed by atoms with E-state index in [2.05, 4.69) is 10.3 Å². The highest BCUT2D eigenvalue weighted by atomic mass is 16.3. The molecular formula is C16H20N2O. The van der Waals surface area contributed by atoms with E-state index >= 15 is 0 Å². The number of aromatic hydroxyl groups is 1. The highest BCUT2D eigenvalue weighted by Crippen LogP contribution is 2.27. The number of rotatable bonds is 3. The first-order chi connectivity index (χ1) is 9.33. The van der Waals surface area contributed by atoms with Gasteiger partial charge in [0, 0.05) is 18.1 Å². The van der Waals surface area contributed by atoms with E-state index < -0.39 is 0 Å². The van der Waals surface area contributed by atoms with Crippen molar-refractivity contribution in [2.75, 3.05) is 11.9 Å². The molecule has 2 aromatic rings. The van der Waals surface area contributed by atoms with Crippen molar-refractivity contribution in [3.63, 3.8) is 0 Å². The topological polar surface area (TPSA) is 45.2 Å². The second kappa shape index (κ2) is 5.47. The van der Waals surface area contributed by atoms with Crippen LogP contribution in [0.15, 0.2) is 30.5 Å². The summed E-state index contributed by atoms with van der Waals surface area (Å²) in [5, 5.41) is 15.2. The zero-order valence-electron chi connectivity index (χ0n) is 11.1. The molecule has 0 aliphatic heterocycles. The Balaban J connectivity index is 1.78. The predicted molar refractivity (Wildman–Crippen MR) is 78.5 cm³/mol. The van der Waals surface area contributed by atoms with Crippen molar-refractivity contribution in [2.45, 2.75) is 32.1 Å². The summed E-state index contributed by atoms with van der Waals surface area (Å²) in [4.78, 5) is 4.41. The normalized spacial score (nSPS) is 16.6. The summed E-state index contributed by atoms with van der Waals surface area (Å²) >= 11 is 0. The van der Waals surface area contributed by atoms with Crippen molar-refractivity contribution >= 4 is 16.6 Å². The molecule has 1 aromatic carbocycles. The summed E-state index contributed by atoms with van der Waals surface area (Å²) in [7, 11) is 0. The lowest BCUT2D eigenvalue weighted by Gasteiger charge is -2.22. The number of fused-ring (bicyclic) bond motifs is 1. The van der Waals surface area contributed by atoms with Crippen molar-refractivity contribution in [1.82, 2.24) is 4.98 Å². The van der Waals surface area contributed by atoms with E-state index in [0.29, 0.717) is 5.75 Å². The lowest BCUT2D eigenvalue weighted by Crippen LogP contribution is -2.17. The molecule has 1 saturated carbocycles. The number of aromatic nitrogens is 1. The number of phenols is 1. The number of benzene rings is 1. The average Bonchev–Trinajstić information content (AvgIpc) is 2.46. The molecule has 0 saturated heterocycles. The average molecular weight is 256 g/mol. The molecule has 3 rings (SSSR count). The number of nitrogens with one attached hydrogen (secondary N) is 1. The Hall–Kier alpha value is -1.77. The SMILES string of the molecule is Oc1ccc2ccnc(NCC3CCCCC3)c2c1. The van der Waals surface area contributed by atoms with Crippen LogP contribution in [-0.2, 0) is 0 Å². The van der Waals surface area contributed by atoms with Gasteiger partial charge in [-0.1, -0.05) is 25.3 Å². The number of phenolic OH excluding ortho intramolecular Hbond substituents is 1. The Bertz CT molecular complexity index is 562. The summed E-state index contributed by atoms with van der Waals surface area (Å²) in [5.41, 5.74) is 0. The van der Waals surface area contributed by atoms with Gasteiger partial charge in [-0.05, 0) is 42.3 Å². The van der Waals surface area contributed by atoms with E-state index in [9.17, 15) is 5.11 Å². The maximum absolute atomic E-state index is 9.62. The first-order valence-electron chi connectivity index (χ1n) is 7.14. The zero-order chi connectivity index (χ0) is 13.1. The van der Waals surface area contributed by atoms with Crippen LogP contribution in [-0.4, -0.2) is 16.6 Å². The molecule has 0 atom stereocenters. The Morgan fingerprint density at radius 3 is 2.84 bits per heavy atom. The van der Waals surface area contributed by atoms with Crippen LogP contribution in [0, 0.1) is 5.92 Å².